The molecule has 23 heavy (non-hydrogen) atoms. The molecule has 2 aliphatic rings. The number of carbonyl (C=O) groups excluding carboxylic acids is 1. The fourth-order valence-electron chi connectivity index (χ4n) is 3.45. The molecule has 2 fully saturated rings. The average Bonchev–Trinajstić information content (AvgIpc) is 3.21. The molecule has 0 bridgehead atoms. The number of aromatic nitrogens is 1. The van der Waals surface area contributed by atoms with Crippen LogP contribution in [0.2, 0.25) is 0 Å². The van der Waals surface area contributed by atoms with E-state index in [-0.39, 0.29) is 23.3 Å². The van der Waals surface area contributed by atoms with E-state index in [1.165, 1.54) is 0 Å². The van der Waals surface area contributed by atoms with E-state index in [1.54, 1.807) is 23.2 Å². The number of aliphatic carboxylic acids is 1. The quantitative estimate of drug-likeness (QED) is 0.920. The summed E-state index contributed by atoms with van der Waals surface area (Å²) in [7, 11) is 0. The lowest BCUT2D eigenvalue weighted by molar-refractivity contribution is -0.139. The maximum absolute atomic E-state index is 12.7. The Kier molecular flexibility index (Phi) is 4.00. The van der Waals surface area contributed by atoms with Gasteiger partial charge in [0.2, 0.25) is 0 Å². The molecule has 1 saturated heterocycles. The summed E-state index contributed by atoms with van der Waals surface area (Å²) in [6.07, 6.45) is 3.81. The number of ether oxygens (including phenoxy) is 1. The van der Waals surface area contributed by atoms with Crippen molar-refractivity contribution in [1.82, 2.24) is 9.88 Å². The van der Waals surface area contributed by atoms with Crippen molar-refractivity contribution in [2.24, 2.45) is 11.3 Å². The van der Waals surface area contributed by atoms with Crippen LogP contribution in [0.25, 0.3) is 0 Å². The van der Waals surface area contributed by atoms with Gasteiger partial charge in [0.15, 0.2) is 11.4 Å². The second-order valence-corrected chi connectivity index (χ2v) is 6.77. The van der Waals surface area contributed by atoms with Crippen molar-refractivity contribution < 1.29 is 19.4 Å². The maximum Gasteiger partial charge on any atom is 0.307 e. The lowest BCUT2D eigenvalue weighted by Crippen LogP contribution is -2.40. The van der Waals surface area contributed by atoms with E-state index in [1.807, 2.05) is 13.8 Å². The SMILES string of the molecule is CC(C)Oc1cccnc1C(=O)N1CCC2(CC1)CC2C(=O)O. The van der Waals surface area contributed by atoms with Gasteiger partial charge in [0.05, 0.1) is 12.0 Å². The molecule has 0 radical (unpaired) electrons. The van der Waals surface area contributed by atoms with E-state index in [2.05, 4.69) is 4.98 Å². The number of carbonyl (C=O) groups is 2. The minimum atomic E-state index is -0.706. The highest BCUT2D eigenvalue weighted by Gasteiger charge is 2.59. The third kappa shape index (κ3) is 3.02. The number of hydrogen-bond acceptors (Lipinski definition) is 4. The molecule has 1 aromatic heterocycles. The maximum atomic E-state index is 12.7. The van der Waals surface area contributed by atoms with Crippen molar-refractivity contribution in [1.29, 1.82) is 0 Å². The summed E-state index contributed by atoms with van der Waals surface area (Å²) in [6.45, 7) is 4.98. The van der Waals surface area contributed by atoms with Gasteiger partial charge in [-0.3, -0.25) is 9.59 Å². The lowest BCUT2D eigenvalue weighted by Gasteiger charge is -2.32. The number of nitrogens with zero attached hydrogens (tertiary/aromatic N) is 2. The van der Waals surface area contributed by atoms with E-state index >= 15 is 0 Å². The van der Waals surface area contributed by atoms with Crippen LogP contribution in [0.15, 0.2) is 18.3 Å². The Hall–Kier alpha value is -2.11. The normalized spacial score (nSPS) is 22.2. The van der Waals surface area contributed by atoms with Crippen LogP contribution in [-0.2, 0) is 4.79 Å². The van der Waals surface area contributed by atoms with Crippen LogP contribution >= 0.6 is 0 Å². The van der Waals surface area contributed by atoms with Crippen LogP contribution in [0.3, 0.4) is 0 Å². The van der Waals surface area contributed by atoms with E-state index < -0.39 is 5.97 Å². The summed E-state index contributed by atoms with van der Waals surface area (Å²) in [6, 6.07) is 3.51. The predicted molar refractivity (Wildman–Crippen MR) is 83.3 cm³/mol. The molecule has 1 aliphatic carbocycles. The summed E-state index contributed by atoms with van der Waals surface area (Å²) in [5, 5.41) is 9.14. The van der Waals surface area contributed by atoms with Gasteiger partial charge in [-0.05, 0) is 50.7 Å². The first-order valence-electron chi connectivity index (χ1n) is 8.07. The fraction of sp³-hybridized carbons (Fsp3) is 0.588. The lowest BCUT2D eigenvalue weighted by atomic mass is 9.90. The number of carboxylic acid groups (broad SMARTS) is 1. The molecule has 1 spiro atoms. The summed E-state index contributed by atoms with van der Waals surface area (Å²) in [5.41, 5.74) is 0.256. The monoisotopic (exact) mass is 318 g/mol. The summed E-state index contributed by atoms with van der Waals surface area (Å²) in [5.74, 6) is -0.567. The smallest absolute Gasteiger partial charge is 0.307 e. The van der Waals surface area contributed by atoms with Crippen LogP contribution < -0.4 is 4.74 Å². The van der Waals surface area contributed by atoms with Crippen LogP contribution in [0, 0.1) is 11.3 Å². The van der Waals surface area contributed by atoms with Gasteiger partial charge in [0, 0.05) is 19.3 Å². The van der Waals surface area contributed by atoms with Gasteiger partial charge < -0.3 is 14.7 Å². The zero-order valence-corrected chi connectivity index (χ0v) is 13.5. The van der Waals surface area contributed by atoms with Crippen molar-refractivity contribution in [2.45, 2.75) is 39.2 Å². The third-order valence-corrected chi connectivity index (χ3v) is 4.87. The van der Waals surface area contributed by atoms with E-state index in [0.29, 0.717) is 24.5 Å². The predicted octanol–water partition coefficient (Wildman–Crippen LogP) is 2.20. The second-order valence-electron chi connectivity index (χ2n) is 6.77. The van der Waals surface area contributed by atoms with Crippen molar-refractivity contribution in [3.8, 4) is 5.75 Å². The number of likely N-dealkylation sites (tertiary alicyclic amines) is 1. The van der Waals surface area contributed by atoms with E-state index in [0.717, 1.165) is 19.3 Å². The Labute approximate surface area is 135 Å². The van der Waals surface area contributed by atoms with E-state index in [4.69, 9.17) is 9.84 Å². The van der Waals surface area contributed by atoms with Gasteiger partial charge in [-0.15, -0.1) is 0 Å². The first kappa shape index (κ1) is 15.8. The molecular formula is C17H22N2O4. The van der Waals surface area contributed by atoms with Gasteiger partial charge in [-0.1, -0.05) is 0 Å². The molecule has 6 heteroatoms. The number of piperidine rings is 1. The van der Waals surface area contributed by atoms with Gasteiger partial charge >= 0.3 is 5.97 Å². The number of hydrogen-bond donors (Lipinski definition) is 1. The number of rotatable bonds is 4. The molecule has 1 aromatic rings. The molecule has 1 amide bonds. The zero-order valence-electron chi connectivity index (χ0n) is 13.5. The minimum absolute atomic E-state index is 0.0295. The molecular weight excluding hydrogens is 296 g/mol. The van der Waals surface area contributed by atoms with Crippen LogP contribution in [-0.4, -0.2) is 46.1 Å². The first-order chi connectivity index (χ1) is 10.9. The largest absolute Gasteiger partial charge is 0.489 e. The minimum Gasteiger partial charge on any atom is -0.489 e. The second kappa shape index (κ2) is 5.83. The highest BCUT2D eigenvalue weighted by Crippen LogP contribution is 2.59. The van der Waals surface area contributed by atoms with Crippen LogP contribution in [0.5, 0.6) is 5.75 Å². The van der Waals surface area contributed by atoms with Crippen molar-refractivity contribution >= 4 is 11.9 Å². The Morgan fingerprint density at radius 2 is 2.09 bits per heavy atom. The van der Waals surface area contributed by atoms with Gasteiger partial charge in [-0.25, -0.2) is 4.98 Å². The molecule has 6 nitrogen and oxygen atoms in total. The molecule has 0 aromatic carbocycles. The topological polar surface area (TPSA) is 79.7 Å². The molecule has 124 valence electrons. The average molecular weight is 318 g/mol. The Morgan fingerprint density at radius 1 is 1.39 bits per heavy atom. The molecule has 1 saturated carbocycles. The summed E-state index contributed by atoms with van der Waals surface area (Å²) >= 11 is 0. The van der Waals surface area contributed by atoms with Gasteiger partial charge in [-0.2, -0.15) is 0 Å². The Balaban J connectivity index is 1.68. The molecule has 1 unspecified atom stereocenters. The van der Waals surface area contributed by atoms with Crippen LogP contribution in [0.4, 0.5) is 0 Å². The molecule has 1 N–H and O–H groups in total. The third-order valence-electron chi connectivity index (χ3n) is 4.87. The Bertz CT molecular complexity index is 621. The first-order valence-corrected chi connectivity index (χ1v) is 8.07. The number of pyridine rings is 1. The molecule has 1 aliphatic heterocycles. The standard InChI is InChI=1S/C17H22N2O4/c1-11(2)23-13-4-3-7-18-14(13)15(20)19-8-5-17(6-9-19)10-12(17)16(21)22/h3-4,7,11-12H,5-6,8-10H2,1-2H3,(H,21,22). The highest BCUT2D eigenvalue weighted by molar-refractivity contribution is 5.95. The molecule has 3 rings (SSSR count). The van der Waals surface area contributed by atoms with Crippen molar-refractivity contribution in [2.75, 3.05) is 13.1 Å². The summed E-state index contributed by atoms with van der Waals surface area (Å²) < 4.78 is 5.67. The molecule has 1 atom stereocenters. The van der Waals surface area contributed by atoms with Crippen molar-refractivity contribution in [3.63, 3.8) is 0 Å². The fourth-order valence-corrected chi connectivity index (χ4v) is 3.45. The summed E-state index contributed by atoms with van der Waals surface area (Å²) in [4.78, 5) is 29.8. The molecule has 2 heterocycles. The van der Waals surface area contributed by atoms with Gasteiger partial charge in [0.1, 0.15) is 0 Å². The zero-order chi connectivity index (χ0) is 16.6. The number of amides is 1. The number of carboxylic acids is 1. The highest BCUT2D eigenvalue weighted by atomic mass is 16.5. The van der Waals surface area contributed by atoms with Crippen LogP contribution in [0.1, 0.15) is 43.6 Å². The Morgan fingerprint density at radius 3 is 2.65 bits per heavy atom. The van der Waals surface area contributed by atoms with Gasteiger partial charge in [0.25, 0.3) is 5.91 Å². The van der Waals surface area contributed by atoms with Crippen molar-refractivity contribution in [3.05, 3.63) is 24.0 Å². The van der Waals surface area contributed by atoms with E-state index in [9.17, 15) is 9.59 Å².